The van der Waals surface area contributed by atoms with Crippen molar-refractivity contribution >= 4 is 29.4 Å². The lowest BCUT2D eigenvalue weighted by atomic mass is 9.92. The third kappa shape index (κ3) is 4.80. The van der Waals surface area contributed by atoms with E-state index in [-0.39, 0.29) is 37.1 Å². The predicted molar refractivity (Wildman–Crippen MR) is 124 cm³/mol. The molecule has 1 aromatic heterocycles. The number of halogens is 3. The van der Waals surface area contributed by atoms with E-state index < -0.39 is 36.0 Å². The Morgan fingerprint density at radius 3 is 2.65 bits per heavy atom. The molecule has 2 fully saturated rings. The Morgan fingerprint density at radius 1 is 1.24 bits per heavy atom. The van der Waals surface area contributed by atoms with E-state index in [9.17, 15) is 19.1 Å². The minimum absolute atomic E-state index is 0.0308. The number of benzene rings is 1. The maximum absolute atomic E-state index is 15.2. The summed E-state index contributed by atoms with van der Waals surface area (Å²) < 4.78 is 29.3. The molecule has 0 saturated carbocycles. The molecule has 2 amide bonds. The maximum atomic E-state index is 15.2. The molecule has 0 radical (unpaired) electrons. The first-order chi connectivity index (χ1) is 16.3. The highest BCUT2D eigenvalue weighted by Crippen LogP contribution is 2.35. The molecule has 7 nitrogen and oxygen atoms in total. The Kier molecular flexibility index (Phi) is 7.21. The van der Waals surface area contributed by atoms with Crippen LogP contribution in [-0.4, -0.2) is 76.8 Å². The summed E-state index contributed by atoms with van der Waals surface area (Å²) in [5, 5.41) is 9.68. The molecule has 3 heterocycles. The van der Waals surface area contributed by atoms with E-state index in [1.54, 1.807) is 31.3 Å². The van der Waals surface area contributed by atoms with Crippen LogP contribution in [0.25, 0.3) is 0 Å². The highest BCUT2D eigenvalue weighted by atomic mass is 35.5. The molecule has 34 heavy (non-hydrogen) atoms. The van der Waals surface area contributed by atoms with E-state index in [4.69, 9.17) is 11.6 Å². The number of piperidine rings is 1. The lowest BCUT2D eigenvalue weighted by molar-refractivity contribution is -0.137. The highest BCUT2D eigenvalue weighted by molar-refractivity contribution is 6.30. The number of aromatic nitrogens is 1. The molecule has 4 rings (SSSR count). The third-order valence-electron chi connectivity index (χ3n) is 6.79. The van der Waals surface area contributed by atoms with Crippen LogP contribution in [0.3, 0.4) is 0 Å². The second-order valence-electron chi connectivity index (χ2n) is 8.70. The molecular formula is C24H27ClF2N4O3. The molecule has 1 N–H and O–H groups in total. The van der Waals surface area contributed by atoms with Gasteiger partial charge in [0.25, 0.3) is 0 Å². The number of alkyl halides is 1. The normalized spacial score (nSPS) is 24.8. The summed E-state index contributed by atoms with van der Waals surface area (Å²) in [6.45, 7) is 2.79. The Morgan fingerprint density at radius 2 is 2.03 bits per heavy atom. The molecule has 0 bridgehead atoms. The van der Waals surface area contributed by atoms with Gasteiger partial charge in [-0.05, 0) is 43.2 Å². The standard InChI is InChI=1S/C24H27ClF2N4O3/c1-2-31(24(33)34)21-14-30(12-17(21)15-6-7-18(25)19(26)11-15)23(32)16-8-10-29(13-20(16)27)22-5-3-4-9-28-22/h3-7,9,11,16-17,20-21H,2,8,10,12-14H2,1H3,(H,33,34)/t16?,17-,20?,21+/m0/s1. The fourth-order valence-corrected chi connectivity index (χ4v) is 5.15. The Labute approximate surface area is 201 Å². The SMILES string of the molecule is CCN(C(=O)O)[C@@H]1CN(C(=O)C2CCN(c3ccccn3)CC2F)C[C@H]1c1ccc(Cl)c(F)c1. The van der Waals surface area contributed by atoms with Crippen molar-refractivity contribution in [2.75, 3.05) is 37.6 Å². The zero-order valence-electron chi connectivity index (χ0n) is 18.8. The van der Waals surface area contributed by atoms with Crippen LogP contribution in [0, 0.1) is 11.7 Å². The van der Waals surface area contributed by atoms with Gasteiger partial charge in [0.1, 0.15) is 17.8 Å². The van der Waals surface area contributed by atoms with Gasteiger partial charge >= 0.3 is 6.09 Å². The molecule has 0 spiro atoms. The molecule has 2 aromatic rings. The quantitative estimate of drug-likeness (QED) is 0.682. The molecule has 10 heteroatoms. The number of carboxylic acid groups (broad SMARTS) is 1. The number of anilines is 1. The number of pyridine rings is 1. The van der Waals surface area contributed by atoms with E-state index in [2.05, 4.69) is 4.98 Å². The summed E-state index contributed by atoms with van der Waals surface area (Å²) in [5.74, 6) is -1.54. The van der Waals surface area contributed by atoms with Crippen molar-refractivity contribution in [2.24, 2.45) is 5.92 Å². The number of likely N-dealkylation sites (tertiary alicyclic amines) is 1. The summed E-state index contributed by atoms with van der Waals surface area (Å²) >= 11 is 5.82. The van der Waals surface area contributed by atoms with Gasteiger partial charge in [-0.3, -0.25) is 4.79 Å². The first-order valence-electron chi connectivity index (χ1n) is 11.3. The van der Waals surface area contributed by atoms with Gasteiger partial charge in [0, 0.05) is 38.3 Å². The number of hydrogen-bond acceptors (Lipinski definition) is 4. The molecule has 2 aliphatic heterocycles. The van der Waals surface area contributed by atoms with Gasteiger partial charge in [0.05, 0.1) is 23.5 Å². The van der Waals surface area contributed by atoms with Gasteiger partial charge in [0.15, 0.2) is 0 Å². The maximum Gasteiger partial charge on any atom is 0.407 e. The Hall–Kier alpha value is -2.94. The number of carbonyl (C=O) groups is 2. The van der Waals surface area contributed by atoms with E-state index >= 15 is 4.39 Å². The van der Waals surface area contributed by atoms with Gasteiger partial charge in [0.2, 0.25) is 5.91 Å². The third-order valence-corrected chi connectivity index (χ3v) is 7.10. The number of carbonyl (C=O) groups excluding carboxylic acids is 1. The number of hydrogen-bond donors (Lipinski definition) is 1. The zero-order chi connectivity index (χ0) is 24.4. The Bertz CT molecular complexity index is 1040. The van der Waals surface area contributed by atoms with Crippen molar-refractivity contribution in [2.45, 2.75) is 31.5 Å². The molecule has 2 unspecified atom stereocenters. The van der Waals surface area contributed by atoms with Crippen LogP contribution in [0.1, 0.15) is 24.8 Å². The van der Waals surface area contributed by atoms with Crippen molar-refractivity contribution < 1.29 is 23.5 Å². The average Bonchev–Trinajstić information content (AvgIpc) is 3.26. The molecule has 2 aliphatic rings. The van der Waals surface area contributed by atoms with Crippen LogP contribution in [0.15, 0.2) is 42.6 Å². The zero-order valence-corrected chi connectivity index (χ0v) is 19.5. The van der Waals surface area contributed by atoms with Crippen LogP contribution in [-0.2, 0) is 4.79 Å². The van der Waals surface area contributed by atoms with E-state index in [1.807, 2.05) is 11.0 Å². The minimum Gasteiger partial charge on any atom is -0.465 e. The van der Waals surface area contributed by atoms with Crippen molar-refractivity contribution in [3.05, 3.63) is 59.0 Å². The summed E-state index contributed by atoms with van der Waals surface area (Å²) in [4.78, 5) is 34.1. The molecule has 182 valence electrons. The fraction of sp³-hybridized carbons (Fsp3) is 0.458. The van der Waals surface area contributed by atoms with Crippen molar-refractivity contribution in [3.8, 4) is 0 Å². The molecule has 2 saturated heterocycles. The van der Waals surface area contributed by atoms with Gasteiger partial charge in [-0.1, -0.05) is 23.7 Å². The van der Waals surface area contributed by atoms with Gasteiger partial charge < -0.3 is 19.8 Å². The topological polar surface area (TPSA) is 77.0 Å². The predicted octanol–water partition coefficient (Wildman–Crippen LogP) is 4.03. The lowest BCUT2D eigenvalue weighted by Gasteiger charge is -2.36. The van der Waals surface area contributed by atoms with Crippen LogP contribution in [0.5, 0.6) is 0 Å². The number of likely N-dealkylation sites (N-methyl/N-ethyl adjacent to an activating group) is 1. The summed E-state index contributed by atoms with van der Waals surface area (Å²) in [7, 11) is 0. The number of nitrogens with zero attached hydrogens (tertiary/aromatic N) is 4. The molecule has 0 aliphatic carbocycles. The van der Waals surface area contributed by atoms with Crippen molar-refractivity contribution in [1.29, 1.82) is 0 Å². The summed E-state index contributed by atoms with van der Waals surface area (Å²) in [6, 6.07) is 9.22. The largest absolute Gasteiger partial charge is 0.465 e. The Balaban J connectivity index is 1.52. The highest BCUT2D eigenvalue weighted by Gasteiger charge is 2.45. The number of amides is 2. The van der Waals surface area contributed by atoms with Gasteiger partial charge in [-0.25, -0.2) is 18.6 Å². The minimum atomic E-state index is -1.38. The molecular weight excluding hydrogens is 466 g/mol. The summed E-state index contributed by atoms with van der Waals surface area (Å²) in [6.07, 6.45) is -0.524. The molecule has 4 atom stereocenters. The number of rotatable bonds is 5. The van der Waals surface area contributed by atoms with Gasteiger partial charge in [-0.2, -0.15) is 0 Å². The first kappa shape index (κ1) is 24.2. The van der Waals surface area contributed by atoms with Crippen LogP contribution in [0.4, 0.5) is 19.4 Å². The second-order valence-corrected chi connectivity index (χ2v) is 9.11. The molecule has 1 aromatic carbocycles. The van der Waals surface area contributed by atoms with E-state index in [1.165, 1.54) is 21.9 Å². The summed E-state index contributed by atoms with van der Waals surface area (Å²) in [5.41, 5.74) is 0.559. The monoisotopic (exact) mass is 492 g/mol. The lowest BCUT2D eigenvalue weighted by Crippen LogP contribution is -2.49. The fourth-order valence-electron chi connectivity index (χ4n) is 5.03. The van der Waals surface area contributed by atoms with Crippen molar-refractivity contribution in [3.63, 3.8) is 0 Å². The van der Waals surface area contributed by atoms with Crippen molar-refractivity contribution in [1.82, 2.24) is 14.8 Å². The average molecular weight is 493 g/mol. The first-order valence-corrected chi connectivity index (χ1v) is 11.7. The second kappa shape index (κ2) is 10.1. The smallest absolute Gasteiger partial charge is 0.407 e. The van der Waals surface area contributed by atoms with E-state index in [0.29, 0.717) is 24.3 Å². The van der Waals surface area contributed by atoms with Crippen LogP contribution < -0.4 is 4.90 Å². The van der Waals surface area contributed by atoms with Gasteiger partial charge in [-0.15, -0.1) is 0 Å². The van der Waals surface area contributed by atoms with Crippen LogP contribution >= 0.6 is 11.6 Å². The van der Waals surface area contributed by atoms with E-state index in [0.717, 1.165) is 0 Å². The van der Waals surface area contributed by atoms with Crippen LogP contribution in [0.2, 0.25) is 5.02 Å².